The smallest absolute Gasteiger partial charge is 0.406 e. The number of hydrogen-bond donors (Lipinski definition) is 2. The Kier molecular flexibility index (Phi) is 6.00. The van der Waals surface area contributed by atoms with Gasteiger partial charge in [0.15, 0.2) is 0 Å². The quantitative estimate of drug-likeness (QED) is 0.352. The van der Waals surface area contributed by atoms with Gasteiger partial charge in [-0.2, -0.15) is 0 Å². The lowest BCUT2D eigenvalue weighted by molar-refractivity contribution is -0.108. The van der Waals surface area contributed by atoms with Crippen molar-refractivity contribution < 1.29 is 19.4 Å². The summed E-state index contributed by atoms with van der Waals surface area (Å²) >= 11 is 0. The number of methoxy groups -OCH3 is 1. The molecule has 0 aromatic carbocycles. The fourth-order valence-corrected chi connectivity index (χ4v) is 0.773. The van der Waals surface area contributed by atoms with E-state index in [1.54, 1.807) is 0 Å². The van der Waals surface area contributed by atoms with Gasteiger partial charge in [-0.05, 0) is 12.8 Å². The van der Waals surface area contributed by atoms with Crippen molar-refractivity contribution in [2.75, 3.05) is 7.11 Å². The van der Waals surface area contributed by atoms with Crippen LogP contribution in [0.25, 0.3) is 0 Å². The van der Waals surface area contributed by atoms with Gasteiger partial charge < -0.3 is 14.6 Å². The molecule has 0 aromatic heterocycles. The number of ether oxygens (including phenoxy) is 1. The number of nitrogens with one attached hydrogen (secondary N) is 1. The molecular formula is C7H13NO4. The van der Waals surface area contributed by atoms with E-state index in [2.05, 4.69) is 5.32 Å². The van der Waals surface area contributed by atoms with E-state index in [1.807, 2.05) is 0 Å². The molecule has 0 saturated heterocycles. The maximum absolute atomic E-state index is 10.1. The molecule has 5 heteroatoms. The van der Waals surface area contributed by atoms with Gasteiger partial charge in [-0.25, -0.2) is 4.79 Å². The zero-order valence-electron chi connectivity index (χ0n) is 6.95. The molecule has 0 saturated carbocycles. The van der Waals surface area contributed by atoms with Crippen molar-refractivity contribution >= 4 is 12.4 Å². The van der Waals surface area contributed by atoms with Crippen LogP contribution in [0, 0.1) is 0 Å². The summed E-state index contributed by atoms with van der Waals surface area (Å²) in [6.07, 6.45) is 0.744. The highest BCUT2D eigenvalue weighted by atomic mass is 16.5. The van der Waals surface area contributed by atoms with Crippen molar-refractivity contribution in [2.24, 2.45) is 0 Å². The summed E-state index contributed by atoms with van der Waals surface area (Å²) in [6.45, 7) is 0. The monoisotopic (exact) mass is 175 g/mol. The summed E-state index contributed by atoms with van der Waals surface area (Å²) in [5, 5.41) is 10.5. The van der Waals surface area contributed by atoms with Gasteiger partial charge in [-0.3, -0.25) is 5.32 Å². The lowest BCUT2D eigenvalue weighted by Crippen LogP contribution is -2.34. The standard InChI is InChI=1S/C7H13NO4/c1-12-6(8-7(10)11)4-2-3-5-9/h5-6,8H,2-4H2,1H3,(H,10,11). The predicted octanol–water partition coefficient (Wildman–Crippen LogP) is 0.596. The third-order valence-corrected chi connectivity index (χ3v) is 1.36. The van der Waals surface area contributed by atoms with Gasteiger partial charge in [0.1, 0.15) is 12.5 Å². The zero-order chi connectivity index (χ0) is 9.40. The molecular weight excluding hydrogens is 162 g/mol. The molecule has 0 aliphatic rings. The molecule has 0 rings (SSSR count). The molecule has 70 valence electrons. The van der Waals surface area contributed by atoms with Crippen LogP contribution in [0.15, 0.2) is 0 Å². The molecule has 0 bridgehead atoms. The summed E-state index contributed by atoms with van der Waals surface area (Å²) in [5.74, 6) is 0. The first-order valence-corrected chi connectivity index (χ1v) is 3.66. The van der Waals surface area contributed by atoms with E-state index in [1.165, 1.54) is 7.11 Å². The molecule has 0 aliphatic heterocycles. The van der Waals surface area contributed by atoms with Crippen LogP contribution in [0.5, 0.6) is 0 Å². The fourth-order valence-electron chi connectivity index (χ4n) is 0.773. The van der Waals surface area contributed by atoms with Gasteiger partial charge in [0.2, 0.25) is 0 Å². The lowest BCUT2D eigenvalue weighted by Gasteiger charge is -2.13. The molecule has 1 unspecified atom stereocenters. The van der Waals surface area contributed by atoms with Crippen LogP contribution in [-0.2, 0) is 9.53 Å². The lowest BCUT2D eigenvalue weighted by atomic mass is 10.2. The second kappa shape index (κ2) is 6.60. The maximum atomic E-state index is 10.1. The van der Waals surface area contributed by atoms with Gasteiger partial charge in [0, 0.05) is 13.5 Å². The highest BCUT2D eigenvalue weighted by molar-refractivity contribution is 5.64. The minimum absolute atomic E-state index is 0.432. The fraction of sp³-hybridized carbons (Fsp3) is 0.714. The number of amides is 1. The van der Waals surface area contributed by atoms with Crippen LogP contribution in [0.1, 0.15) is 19.3 Å². The Balaban J connectivity index is 3.52. The number of carbonyl (C=O) groups is 2. The minimum atomic E-state index is -1.12. The first-order chi connectivity index (χ1) is 5.70. The average molecular weight is 175 g/mol. The second-order valence-corrected chi connectivity index (χ2v) is 2.27. The molecule has 0 radical (unpaired) electrons. The van der Waals surface area contributed by atoms with E-state index >= 15 is 0 Å². The highest BCUT2D eigenvalue weighted by Gasteiger charge is 2.08. The van der Waals surface area contributed by atoms with E-state index < -0.39 is 12.3 Å². The molecule has 1 amide bonds. The van der Waals surface area contributed by atoms with E-state index in [-0.39, 0.29) is 0 Å². The third-order valence-electron chi connectivity index (χ3n) is 1.36. The van der Waals surface area contributed by atoms with Crippen molar-refractivity contribution in [1.82, 2.24) is 5.32 Å². The average Bonchev–Trinajstić information content (AvgIpc) is 2.02. The number of hydrogen-bond acceptors (Lipinski definition) is 3. The Bertz CT molecular complexity index is 148. The Morgan fingerprint density at radius 2 is 2.42 bits per heavy atom. The summed E-state index contributed by atoms with van der Waals surface area (Å²) in [5.41, 5.74) is 0. The molecule has 2 N–H and O–H groups in total. The van der Waals surface area contributed by atoms with Crippen LogP contribution in [0.2, 0.25) is 0 Å². The van der Waals surface area contributed by atoms with Crippen molar-refractivity contribution in [3.8, 4) is 0 Å². The first kappa shape index (κ1) is 10.9. The Morgan fingerprint density at radius 3 is 2.83 bits per heavy atom. The summed E-state index contributed by atoms with van der Waals surface area (Å²) in [6, 6.07) is 0. The van der Waals surface area contributed by atoms with E-state index in [0.29, 0.717) is 19.3 Å². The van der Waals surface area contributed by atoms with Crippen molar-refractivity contribution in [3.63, 3.8) is 0 Å². The van der Waals surface area contributed by atoms with Crippen LogP contribution in [0.4, 0.5) is 4.79 Å². The molecule has 1 atom stereocenters. The van der Waals surface area contributed by atoms with E-state index in [9.17, 15) is 9.59 Å². The SMILES string of the molecule is COC(CCCC=O)NC(=O)O. The summed E-state index contributed by atoms with van der Waals surface area (Å²) in [7, 11) is 1.42. The largest absolute Gasteiger partial charge is 0.465 e. The molecule has 0 aliphatic carbocycles. The number of rotatable bonds is 6. The van der Waals surface area contributed by atoms with E-state index in [0.717, 1.165) is 6.29 Å². The van der Waals surface area contributed by atoms with Gasteiger partial charge in [0.05, 0.1) is 0 Å². The van der Waals surface area contributed by atoms with Crippen LogP contribution in [-0.4, -0.2) is 30.8 Å². The number of carboxylic acid groups (broad SMARTS) is 1. The first-order valence-electron chi connectivity index (χ1n) is 3.66. The topological polar surface area (TPSA) is 75.6 Å². The zero-order valence-corrected chi connectivity index (χ0v) is 6.95. The number of carbonyl (C=O) groups excluding carboxylic acids is 1. The highest BCUT2D eigenvalue weighted by Crippen LogP contribution is 1.99. The third kappa shape index (κ3) is 5.67. The normalized spacial score (nSPS) is 12.1. The Morgan fingerprint density at radius 1 is 1.75 bits per heavy atom. The molecule has 12 heavy (non-hydrogen) atoms. The molecule has 0 fully saturated rings. The second-order valence-electron chi connectivity index (χ2n) is 2.27. The maximum Gasteiger partial charge on any atom is 0.406 e. The molecule has 0 aromatic rings. The van der Waals surface area contributed by atoms with E-state index in [4.69, 9.17) is 9.84 Å². The van der Waals surface area contributed by atoms with Crippen molar-refractivity contribution in [2.45, 2.75) is 25.5 Å². The number of unbranched alkanes of at least 4 members (excludes halogenated alkanes) is 1. The Hall–Kier alpha value is -1.10. The molecule has 5 nitrogen and oxygen atoms in total. The summed E-state index contributed by atoms with van der Waals surface area (Å²) in [4.78, 5) is 20.1. The predicted molar refractivity (Wildman–Crippen MR) is 41.9 cm³/mol. The van der Waals surface area contributed by atoms with Gasteiger partial charge in [-0.1, -0.05) is 0 Å². The number of aldehydes is 1. The van der Waals surface area contributed by atoms with Gasteiger partial charge in [0.25, 0.3) is 0 Å². The minimum Gasteiger partial charge on any atom is -0.465 e. The van der Waals surface area contributed by atoms with Crippen LogP contribution < -0.4 is 5.32 Å². The molecule has 0 heterocycles. The summed E-state index contributed by atoms with van der Waals surface area (Å²) < 4.78 is 4.80. The van der Waals surface area contributed by atoms with Gasteiger partial charge >= 0.3 is 6.09 Å². The van der Waals surface area contributed by atoms with Crippen molar-refractivity contribution in [1.29, 1.82) is 0 Å². The molecule has 0 spiro atoms. The Labute approximate surface area is 70.7 Å². The van der Waals surface area contributed by atoms with Crippen molar-refractivity contribution in [3.05, 3.63) is 0 Å². The van der Waals surface area contributed by atoms with Crippen LogP contribution in [0.3, 0.4) is 0 Å². The van der Waals surface area contributed by atoms with Gasteiger partial charge in [-0.15, -0.1) is 0 Å². The van der Waals surface area contributed by atoms with Crippen LogP contribution >= 0.6 is 0 Å².